The molecule has 170 valence electrons. The number of nitrogens with one attached hydrogen (secondary N) is 1. The molecule has 0 aliphatic carbocycles. The smallest absolute Gasteiger partial charge is 0.251 e. The van der Waals surface area contributed by atoms with Gasteiger partial charge < -0.3 is 19.6 Å². The Morgan fingerprint density at radius 2 is 2.03 bits per heavy atom. The van der Waals surface area contributed by atoms with Crippen LogP contribution in [0, 0.1) is 0 Å². The van der Waals surface area contributed by atoms with Gasteiger partial charge in [-0.3, -0.25) is 4.79 Å². The highest BCUT2D eigenvalue weighted by Gasteiger charge is 2.13. The van der Waals surface area contributed by atoms with Crippen LogP contribution in [0.1, 0.15) is 52.8 Å². The summed E-state index contributed by atoms with van der Waals surface area (Å²) in [4.78, 5) is 16.7. The summed E-state index contributed by atoms with van der Waals surface area (Å²) < 4.78 is 12.7. The number of rotatable bonds is 9. The van der Waals surface area contributed by atoms with E-state index in [0.29, 0.717) is 30.1 Å². The van der Waals surface area contributed by atoms with Crippen LogP contribution in [0.25, 0.3) is 0 Å². The lowest BCUT2D eigenvalue weighted by molar-refractivity contribution is 0.0950. The maximum absolute atomic E-state index is 12.5. The molecule has 0 bridgehead atoms. The minimum Gasteiger partial charge on any atom is -0.508 e. The molecule has 0 fully saturated rings. The highest BCUT2D eigenvalue weighted by Crippen LogP contribution is 2.19. The molecule has 0 saturated heterocycles. The van der Waals surface area contributed by atoms with Crippen molar-refractivity contribution in [1.29, 1.82) is 0 Å². The Labute approximate surface area is 191 Å². The minimum atomic E-state index is -0.175. The molecule has 0 unspecified atom stereocenters. The molecule has 0 radical (unpaired) electrons. The van der Waals surface area contributed by atoms with Gasteiger partial charge in [-0.2, -0.15) is 0 Å². The van der Waals surface area contributed by atoms with Crippen molar-refractivity contribution in [3.05, 3.63) is 89.4 Å². The Kier molecular flexibility index (Phi) is 6.68. The number of phenols is 1. The van der Waals surface area contributed by atoms with Crippen molar-refractivity contribution in [2.75, 3.05) is 0 Å². The van der Waals surface area contributed by atoms with E-state index in [1.165, 1.54) is 12.5 Å². The summed E-state index contributed by atoms with van der Waals surface area (Å²) in [5.41, 5.74) is 2.95. The summed E-state index contributed by atoms with van der Waals surface area (Å²) in [7, 11) is 0. The summed E-state index contributed by atoms with van der Waals surface area (Å²) in [6, 6.07) is 13.9. The molecule has 33 heavy (non-hydrogen) atoms. The molecule has 4 aromatic rings. The Morgan fingerprint density at radius 1 is 1.21 bits per heavy atom. The number of hydrogen-bond acceptors (Lipinski definition) is 7. The zero-order valence-electron chi connectivity index (χ0n) is 18.4. The number of aromatic nitrogens is 4. The molecule has 4 rings (SSSR count). The van der Waals surface area contributed by atoms with Gasteiger partial charge >= 0.3 is 0 Å². The first-order chi connectivity index (χ1) is 16.0. The topological polar surface area (TPSA) is 115 Å². The third-order valence-corrected chi connectivity index (χ3v) is 4.96. The lowest BCUT2D eigenvalue weighted by Crippen LogP contribution is -2.23. The molecule has 0 saturated carbocycles. The molecule has 0 spiro atoms. The standard InChI is InChI=1S/C24H25N5O4/c1-16(2)23-22(26-15-33-23)11-25-24(31)18-8-6-17(7-9-18)12-29-13-19(27-28-29)14-32-21-5-3-4-20(30)10-21/h3-10,13,15-16,30H,11-12,14H2,1-2H3,(H,25,31). The number of phenolic OH excluding ortho intramolecular Hbond substituents is 1. The summed E-state index contributed by atoms with van der Waals surface area (Å²) in [6.07, 6.45) is 3.20. The van der Waals surface area contributed by atoms with E-state index in [1.807, 2.05) is 26.0 Å². The Hall–Kier alpha value is -4.14. The zero-order chi connectivity index (χ0) is 23.2. The molecular formula is C24H25N5O4. The van der Waals surface area contributed by atoms with Crippen LogP contribution in [-0.2, 0) is 19.7 Å². The van der Waals surface area contributed by atoms with Gasteiger partial charge in [0.05, 0.1) is 19.3 Å². The van der Waals surface area contributed by atoms with E-state index in [1.54, 1.807) is 41.2 Å². The average molecular weight is 447 g/mol. The molecule has 2 heterocycles. The molecule has 2 aromatic heterocycles. The predicted molar refractivity (Wildman–Crippen MR) is 120 cm³/mol. The number of carbonyl (C=O) groups is 1. The second-order valence-corrected chi connectivity index (χ2v) is 7.89. The number of amides is 1. The van der Waals surface area contributed by atoms with E-state index in [9.17, 15) is 9.90 Å². The van der Waals surface area contributed by atoms with Crippen LogP contribution >= 0.6 is 0 Å². The Morgan fingerprint density at radius 3 is 2.79 bits per heavy atom. The Balaban J connectivity index is 1.29. The van der Waals surface area contributed by atoms with Gasteiger partial charge in [-0.25, -0.2) is 9.67 Å². The van der Waals surface area contributed by atoms with Crippen molar-refractivity contribution < 1.29 is 19.1 Å². The number of carbonyl (C=O) groups excluding carboxylic acids is 1. The van der Waals surface area contributed by atoms with Gasteiger partial charge in [0.2, 0.25) is 0 Å². The lowest BCUT2D eigenvalue weighted by atomic mass is 10.1. The summed E-state index contributed by atoms with van der Waals surface area (Å²) in [6.45, 7) is 5.11. The van der Waals surface area contributed by atoms with Gasteiger partial charge in [-0.05, 0) is 29.8 Å². The van der Waals surface area contributed by atoms with Crippen LogP contribution < -0.4 is 10.1 Å². The number of nitrogens with zero attached hydrogens (tertiary/aromatic N) is 4. The maximum atomic E-state index is 12.5. The van der Waals surface area contributed by atoms with E-state index >= 15 is 0 Å². The molecule has 2 N–H and O–H groups in total. The van der Waals surface area contributed by atoms with Crippen LogP contribution in [0.2, 0.25) is 0 Å². The van der Waals surface area contributed by atoms with E-state index in [4.69, 9.17) is 9.15 Å². The lowest BCUT2D eigenvalue weighted by Gasteiger charge is -2.07. The summed E-state index contributed by atoms with van der Waals surface area (Å²) in [5, 5.41) is 20.6. The van der Waals surface area contributed by atoms with Crippen molar-refractivity contribution in [3.8, 4) is 11.5 Å². The molecule has 0 aliphatic rings. The van der Waals surface area contributed by atoms with E-state index in [2.05, 4.69) is 20.6 Å². The number of aromatic hydroxyl groups is 1. The van der Waals surface area contributed by atoms with Gasteiger partial charge in [0.15, 0.2) is 6.39 Å². The summed E-state index contributed by atoms with van der Waals surface area (Å²) in [5.74, 6) is 1.51. The highest BCUT2D eigenvalue weighted by atomic mass is 16.5. The van der Waals surface area contributed by atoms with E-state index in [-0.39, 0.29) is 24.2 Å². The fraction of sp³-hybridized carbons (Fsp3) is 0.250. The van der Waals surface area contributed by atoms with Crippen molar-refractivity contribution >= 4 is 5.91 Å². The summed E-state index contributed by atoms with van der Waals surface area (Å²) >= 11 is 0. The maximum Gasteiger partial charge on any atom is 0.251 e. The largest absolute Gasteiger partial charge is 0.508 e. The molecular weight excluding hydrogens is 422 g/mol. The highest BCUT2D eigenvalue weighted by molar-refractivity contribution is 5.94. The number of oxazole rings is 1. The molecule has 9 heteroatoms. The van der Waals surface area contributed by atoms with Gasteiger partial charge in [-0.15, -0.1) is 5.10 Å². The fourth-order valence-electron chi connectivity index (χ4n) is 3.31. The number of hydrogen-bond donors (Lipinski definition) is 2. The quantitative estimate of drug-likeness (QED) is 0.402. The molecule has 2 aromatic carbocycles. The fourth-order valence-corrected chi connectivity index (χ4v) is 3.31. The van der Waals surface area contributed by atoms with Gasteiger partial charge in [0, 0.05) is 17.5 Å². The minimum absolute atomic E-state index is 0.145. The second kappa shape index (κ2) is 9.99. The van der Waals surface area contributed by atoms with Crippen molar-refractivity contribution in [2.24, 2.45) is 0 Å². The number of benzene rings is 2. The molecule has 0 atom stereocenters. The normalized spacial score (nSPS) is 11.0. The van der Waals surface area contributed by atoms with Crippen molar-refractivity contribution in [3.63, 3.8) is 0 Å². The third kappa shape index (κ3) is 5.76. The first-order valence-corrected chi connectivity index (χ1v) is 10.6. The molecule has 1 amide bonds. The molecule has 0 aliphatic heterocycles. The predicted octanol–water partition coefficient (Wildman–Crippen LogP) is 3.65. The van der Waals surface area contributed by atoms with Crippen molar-refractivity contribution in [1.82, 2.24) is 25.3 Å². The number of ether oxygens (including phenoxy) is 1. The van der Waals surface area contributed by atoms with Crippen LogP contribution in [0.3, 0.4) is 0 Å². The first-order valence-electron chi connectivity index (χ1n) is 10.6. The SMILES string of the molecule is CC(C)c1ocnc1CNC(=O)c1ccc(Cn2cc(COc3cccc(O)c3)nn2)cc1. The van der Waals surface area contributed by atoms with Gasteiger partial charge in [-0.1, -0.05) is 37.3 Å². The van der Waals surface area contributed by atoms with Crippen molar-refractivity contribution in [2.45, 2.75) is 39.5 Å². The second-order valence-electron chi connectivity index (χ2n) is 7.89. The van der Waals surface area contributed by atoms with Crippen LogP contribution in [-0.4, -0.2) is 31.0 Å². The third-order valence-electron chi connectivity index (χ3n) is 4.96. The van der Waals surface area contributed by atoms with Gasteiger partial charge in [0.1, 0.15) is 35.3 Å². The Bertz CT molecular complexity index is 1210. The van der Waals surface area contributed by atoms with Crippen LogP contribution in [0.5, 0.6) is 11.5 Å². The van der Waals surface area contributed by atoms with Crippen LogP contribution in [0.15, 0.2) is 65.5 Å². The van der Waals surface area contributed by atoms with E-state index < -0.39 is 0 Å². The van der Waals surface area contributed by atoms with Crippen LogP contribution in [0.4, 0.5) is 0 Å². The first kappa shape index (κ1) is 22.1. The van der Waals surface area contributed by atoms with Gasteiger partial charge in [0.25, 0.3) is 5.91 Å². The monoisotopic (exact) mass is 447 g/mol. The van der Waals surface area contributed by atoms with E-state index in [0.717, 1.165) is 17.0 Å². The molecule has 9 nitrogen and oxygen atoms in total. The zero-order valence-corrected chi connectivity index (χ0v) is 18.4. The average Bonchev–Trinajstić information content (AvgIpc) is 3.46.